The summed E-state index contributed by atoms with van der Waals surface area (Å²) in [6, 6.07) is 0.488. The standard InChI is InChI=1S/C16H30N2O/c17-11-5-9-15-10-6-12-18(15)16(19)13-14-7-3-1-2-4-8-14/h14-15H,1-13,17H2. The molecule has 3 heteroatoms. The molecule has 0 aromatic rings. The Morgan fingerprint density at radius 1 is 1.05 bits per heavy atom. The van der Waals surface area contributed by atoms with Crippen molar-refractivity contribution in [3.63, 3.8) is 0 Å². The fourth-order valence-corrected chi connectivity index (χ4v) is 3.75. The molecule has 1 atom stereocenters. The molecular weight excluding hydrogens is 236 g/mol. The fraction of sp³-hybridized carbons (Fsp3) is 0.938. The summed E-state index contributed by atoms with van der Waals surface area (Å²) < 4.78 is 0. The van der Waals surface area contributed by atoms with E-state index in [1.165, 1.54) is 51.4 Å². The lowest BCUT2D eigenvalue weighted by atomic mass is 9.95. The molecule has 1 amide bonds. The maximum absolute atomic E-state index is 12.5. The van der Waals surface area contributed by atoms with Crippen molar-refractivity contribution in [2.75, 3.05) is 13.1 Å². The summed E-state index contributed by atoms with van der Waals surface area (Å²) in [7, 11) is 0. The summed E-state index contributed by atoms with van der Waals surface area (Å²) in [5, 5.41) is 0. The SMILES string of the molecule is NCCCC1CCCN1C(=O)CC1CCCCCC1. The van der Waals surface area contributed by atoms with Crippen LogP contribution in [0.15, 0.2) is 0 Å². The highest BCUT2D eigenvalue weighted by molar-refractivity contribution is 5.77. The Labute approximate surface area is 117 Å². The molecule has 3 nitrogen and oxygen atoms in total. The summed E-state index contributed by atoms with van der Waals surface area (Å²) in [5.41, 5.74) is 5.59. The van der Waals surface area contributed by atoms with Crippen molar-refractivity contribution in [1.29, 1.82) is 0 Å². The van der Waals surface area contributed by atoms with Crippen LogP contribution < -0.4 is 5.73 Å². The minimum Gasteiger partial charge on any atom is -0.340 e. The van der Waals surface area contributed by atoms with E-state index < -0.39 is 0 Å². The maximum Gasteiger partial charge on any atom is 0.223 e. The number of carbonyl (C=O) groups is 1. The monoisotopic (exact) mass is 266 g/mol. The Balaban J connectivity index is 1.80. The zero-order valence-electron chi connectivity index (χ0n) is 12.3. The van der Waals surface area contributed by atoms with Gasteiger partial charge in [-0.3, -0.25) is 4.79 Å². The fourth-order valence-electron chi connectivity index (χ4n) is 3.75. The van der Waals surface area contributed by atoms with E-state index >= 15 is 0 Å². The lowest BCUT2D eigenvalue weighted by Crippen LogP contribution is -2.36. The Morgan fingerprint density at radius 2 is 1.79 bits per heavy atom. The highest BCUT2D eigenvalue weighted by Gasteiger charge is 2.29. The maximum atomic E-state index is 12.5. The van der Waals surface area contributed by atoms with Crippen molar-refractivity contribution in [2.24, 2.45) is 11.7 Å². The van der Waals surface area contributed by atoms with E-state index in [1.54, 1.807) is 0 Å². The van der Waals surface area contributed by atoms with E-state index in [0.717, 1.165) is 32.4 Å². The molecule has 19 heavy (non-hydrogen) atoms. The van der Waals surface area contributed by atoms with E-state index in [4.69, 9.17) is 5.73 Å². The molecule has 2 fully saturated rings. The Kier molecular flexibility index (Phi) is 6.15. The molecule has 2 N–H and O–H groups in total. The van der Waals surface area contributed by atoms with E-state index in [0.29, 0.717) is 17.9 Å². The molecule has 1 unspecified atom stereocenters. The van der Waals surface area contributed by atoms with Gasteiger partial charge in [0, 0.05) is 19.0 Å². The second-order valence-corrected chi connectivity index (χ2v) is 6.38. The Hall–Kier alpha value is -0.570. The topological polar surface area (TPSA) is 46.3 Å². The van der Waals surface area contributed by atoms with Crippen LogP contribution in [0.5, 0.6) is 0 Å². The van der Waals surface area contributed by atoms with Crippen LogP contribution in [0.25, 0.3) is 0 Å². The van der Waals surface area contributed by atoms with Crippen LogP contribution in [0.3, 0.4) is 0 Å². The largest absolute Gasteiger partial charge is 0.340 e. The highest BCUT2D eigenvalue weighted by atomic mass is 16.2. The van der Waals surface area contributed by atoms with Gasteiger partial charge in [0.2, 0.25) is 5.91 Å². The molecule has 1 heterocycles. The number of nitrogens with two attached hydrogens (primary N) is 1. The van der Waals surface area contributed by atoms with E-state index in [2.05, 4.69) is 4.90 Å². The van der Waals surface area contributed by atoms with Crippen LogP contribution >= 0.6 is 0 Å². The molecule has 0 radical (unpaired) electrons. The minimum atomic E-state index is 0.423. The van der Waals surface area contributed by atoms with Crippen molar-refractivity contribution in [3.8, 4) is 0 Å². The van der Waals surface area contributed by atoms with Gasteiger partial charge in [0.25, 0.3) is 0 Å². The average molecular weight is 266 g/mol. The molecule has 2 rings (SSSR count). The molecule has 1 saturated carbocycles. The van der Waals surface area contributed by atoms with E-state index in [1.807, 2.05) is 0 Å². The van der Waals surface area contributed by atoms with Crippen LogP contribution in [0.1, 0.15) is 70.6 Å². The molecule has 0 aromatic carbocycles. The number of nitrogens with zero attached hydrogens (tertiary/aromatic N) is 1. The molecule has 0 spiro atoms. The predicted molar refractivity (Wildman–Crippen MR) is 78.8 cm³/mol. The highest BCUT2D eigenvalue weighted by Crippen LogP contribution is 2.28. The van der Waals surface area contributed by atoms with Gasteiger partial charge in [-0.05, 0) is 51.0 Å². The number of likely N-dealkylation sites (tertiary alicyclic amines) is 1. The van der Waals surface area contributed by atoms with Crippen LogP contribution in [-0.2, 0) is 4.79 Å². The summed E-state index contributed by atoms with van der Waals surface area (Å²) >= 11 is 0. The number of amides is 1. The van der Waals surface area contributed by atoms with Gasteiger partial charge >= 0.3 is 0 Å². The normalized spacial score (nSPS) is 25.5. The zero-order chi connectivity index (χ0) is 13.5. The molecule has 1 aliphatic carbocycles. The molecule has 0 bridgehead atoms. The van der Waals surface area contributed by atoms with Gasteiger partial charge in [0.05, 0.1) is 0 Å². The van der Waals surface area contributed by atoms with Gasteiger partial charge in [-0.2, -0.15) is 0 Å². The zero-order valence-corrected chi connectivity index (χ0v) is 12.3. The number of hydrogen-bond donors (Lipinski definition) is 1. The van der Waals surface area contributed by atoms with Crippen LogP contribution in [-0.4, -0.2) is 29.9 Å². The Morgan fingerprint density at radius 3 is 2.47 bits per heavy atom. The first kappa shape index (κ1) is 14.8. The van der Waals surface area contributed by atoms with Crippen molar-refractivity contribution >= 4 is 5.91 Å². The van der Waals surface area contributed by atoms with E-state index in [-0.39, 0.29) is 0 Å². The molecular formula is C16H30N2O. The van der Waals surface area contributed by atoms with Gasteiger partial charge in [0.1, 0.15) is 0 Å². The summed E-state index contributed by atoms with van der Waals surface area (Å²) in [4.78, 5) is 14.7. The van der Waals surface area contributed by atoms with Gasteiger partial charge in [0.15, 0.2) is 0 Å². The van der Waals surface area contributed by atoms with Crippen molar-refractivity contribution in [1.82, 2.24) is 4.90 Å². The molecule has 1 saturated heterocycles. The predicted octanol–water partition coefficient (Wildman–Crippen LogP) is 3.08. The van der Waals surface area contributed by atoms with Crippen LogP contribution in [0.4, 0.5) is 0 Å². The third-order valence-corrected chi connectivity index (χ3v) is 4.88. The number of hydrogen-bond acceptors (Lipinski definition) is 2. The first-order valence-electron chi connectivity index (χ1n) is 8.31. The first-order chi connectivity index (χ1) is 9.31. The lowest BCUT2D eigenvalue weighted by molar-refractivity contribution is -0.133. The third-order valence-electron chi connectivity index (χ3n) is 4.88. The van der Waals surface area contributed by atoms with Gasteiger partial charge in [-0.25, -0.2) is 0 Å². The van der Waals surface area contributed by atoms with Crippen LogP contribution in [0.2, 0.25) is 0 Å². The second-order valence-electron chi connectivity index (χ2n) is 6.38. The summed E-state index contributed by atoms with van der Waals surface area (Å²) in [6.07, 6.45) is 13.3. The second kappa shape index (κ2) is 7.88. The summed E-state index contributed by atoms with van der Waals surface area (Å²) in [6.45, 7) is 1.74. The average Bonchev–Trinajstić information content (AvgIpc) is 2.74. The van der Waals surface area contributed by atoms with Gasteiger partial charge in [-0.1, -0.05) is 25.7 Å². The van der Waals surface area contributed by atoms with Crippen LogP contribution in [0, 0.1) is 5.92 Å². The number of carbonyl (C=O) groups excluding carboxylic acids is 1. The third kappa shape index (κ3) is 4.48. The Bertz CT molecular complexity index is 272. The molecule has 2 aliphatic rings. The van der Waals surface area contributed by atoms with Gasteiger partial charge < -0.3 is 10.6 Å². The lowest BCUT2D eigenvalue weighted by Gasteiger charge is -2.26. The minimum absolute atomic E-state index is 0.423. The van der Waals surface area contributed by atoms with Crippen molar-refractivity contribution in [2.45, 2.75) is 76.7 Å². The molecule has 1 aliphatic heterocycles. The quantitative estimate of drug-likeness (QED) is 0.777. The molecule has 0 aromatic heterocycles. The van der Waals surface area contributed by atoms with Gasteiger partial charge in [-0.15, -0.1) is 0 Å². The number of rotatable bonds is 5. The molecule has 110 valence electrons. The van der Waals surface area contributed by atoms with Crippen molar-refractivity contribution < 1.29 is 4.79 Å². The summed E-state index contributed by atoms with van der Waals surface area (Å²) in [5.74, 6) is 1.08. The first-order valence-corrected chi connectivity index (χ1v) is 8.31. The van der Waals surface area contributed by atoms with E-state index in [9.17, 15) is 4.79 Å². The smallest absolute Gasteiger partial charge is 0.223 e. The van der Waals surface area contributed by atoms with Crippen molar-refractivity contribution in [3.05, 3.63) is 0 Å².